The molecule has 0 spiro atoms. The molecule has 0 saturated carbocycles. The van der Waals surface area contributed by atoms with E-state index in [0.717, 1.165) is 11.1 Å². The quantitative estimate of drug-likeness (QED) is 0.584. The van der Waals surface area contributed by atoms with Gasteiger partial charge in [0.25, 0.3) is 11.8 Å². The van der Waals surface area contributed by atoms with Crippen LogP contribution in [0, 0.1) is 0 Å². The highest BCUT2D eigenvalue weighted by atomic mass is 16.5. The maximum absolute atomic E-state index is 12.1. The summed E-state index contributed by atoms with van der Waals surface area (Å²) in [6, 6.07) is 11.0. The Morgan fingerprint density at radius 3 is 2.53 bits per heavy atom. The lowest BCUT2D eigenvalue weighted by Crippen LogP contribution is -2.38. The van der Waals surface area contributed by atoms with Crippen LogP contribution >= 0.6 is 0 Å². The van der Waals surface area contributed by atoms with Crippen LogP contribution in [0.5, 0.6) is 17.2 Å². The summed E-state index contributed by atoms with van der Waals surface area (Å²) in [6.07, 6.45) is 0. The molecule has 4 rings (SSSR count). The largest absolute Gasteiger partial charge is 0.490 e. The summed E-state index contributed by atoms with van der Waals surface area (Å²) in [5.74, 6) is 2.67. The van der Waals surface area contributed by atoms with Crippen LogP contribution in [0.2, 0.25) is 0 Å². The number of likely N-dealkylation sites (N-methyl/N-ethyl adjacent to an activating group) is 1. The zero-order valence-electron chi connectivity index (χ0n) is 17.2. The van der Waals surface area contributed by atoms with Gasteiger partial charge in [-0.3, -0.25) is 4.79 Å². The molecule has 1 aromatic heterocycles. The number of aromatic nitrogens is 2. The molecule has 2 aromatic carbocycles. The minimum atomic E-state index is -0.0752. The van der Waals surface area contributed by atoms with Crippen LogP contribution in [-0.2, 0) is 4.79 Å². The van der Waals surface area contributed by atoms with Crippen molar-refractivity contribution in [3.63, 3.8) is 0 Å². The molecule has 0 atom stereocenters. The van der Waals surface area contributed by atoms with Gasteiger partial charge in [-0.05, 0) is 57.2 Å². The summed E-state index contributed by atoms with van der Waals surface area (Å²) >= 11 is 0. The van der Waals surface area contributed by atoms with Crippen LogP contribution in [0.15, 0.2) is 40.9 Å². The molecule has 0 aliphatic carbocycles. The van der Waals surface area contributed by atoms with Crippen molar-refractivity contribution in [3.05, 3.63) is 36.4 Å². The van der Waals surface area contributed by atoms with E-state index in [2.05, 4.69) is 10.1 Å². The van der Waals surface area contributed by atoms with Gasteiger partial charge in [0, 0.05) is 17.7 Å². The van der Waals surface area contributed by atoms with Gasteiger partial charge < -0.3 is 23.6 Å². The number of anilines is 1. The lowest BCUT2D eigenvalue weighted by molar-refractivity contribution is -0.121. The maximum Gasteiger partial charge on any atom is 0.265 e. The maximum atomic E-state index is 12.1. The summed E-state index contributed by atoms with van der Waals surface area (Å²) in [4.78, 5) is 18.3. The van der Waals surface area contributed by atoms with E-state index >= 15 is 0 Å². The van der Waals surface area contributed by atoms with E-state index < -0.39 is 0 Å². The van der Waals surface area contributed by atoms with Crippen molar-refractivity contribution in [1.29, 1.82) is 0 Å². The Morgan fingerprint density at radius 2 is 1.77 bits per heavy atom. The van der Waals surface area contributed by atoms with Crippen molar-refractivity contribution >= 4 is 11.6 Å². The Hall–Kier alpha value is -3.55. The highest BCUT2D eigenvalue weighted by Gasteiger charge is 2.25. The van der Waals surface area contributed by atoms with Gasteiger partial charge >= 0.3 is 0 Å². The number of nitrogens with zero attached hydrogens (tertiary/aromatic N) is 3. The first-order valence-electron chi connectivity index (χ1n) is 9.95. The fourth-order valence-corrected chi connectivity index (χ4v) is 3.33. The highest BCUT2D eigenvalue weighted by Crippen LogP contribution is 2.36. The number of benzene rings is 2. The average molecular weight is 409 g/mol. The Labute approximate surface area is 174 Å². The van der Waals surface area contributed by atoms with E-state index in [0.29, 0.717) is 54.4 Å². The van der Waals surface area contributed by atoms with Crippen molar-refractivity contribution in [1.82, 2.24) is 10.1 Å². The van der Waals surface area contributed by atoms with Crippen molar-refractivity contribution < 1.29 is 23.5 Å². The van der Waals surface area contributed by atoms with Crippen molar-refractivity contribution in [2.24, 2.45) is 0 Å². The van der Waals surface area contributed by atoms with Crippen LogP contribution < -0.4 is 19.1 Å². The second-order valence-corrected chi connectivity index (χ2v) is 6.56. The van der Waals surface area contributed by atoms with Gasteiger partial charge in [0.05, 0.1) is 18.9 Å². The molecule has 0 unspecified atom stereocenters. The first kappa shape index (κ1) is 19.8. The highest BCUT2D eigenvalue weighted by molar-refractivity contribution is 5.98. The fraction of sp³-hybridized carbons (Fsp3) is 0.318. The number of rotatable bonds is 7. The van der Waals surface area contributed by atoms with Gasteiger partial charge in [0.15, 0.2) is 18.1 Å². The Balaban J connectivity index is 1.66. The van der Waals surface area contributed by atoms with Gasteiger partial charge in [-0.1, -0.05) is 5.16 Å². The van der Waals surface area contributed by atoms with Gasteiger partial charge in [0.1, 0.15) is 5.75 Å². The number of hydrogen-bond acceptors (Lipinski definition) is 7. The van der Waals surface area contributed by atoms with Crippen LogP contribution in [0.4, 0.5) is 5.69 Å². The Bertz CT molecular complexity index is 1060. The van der Waals surface area contributed by atoms with Crippen molar-refractivity contribution in [2.75, 3.05) is 31.3 Å². The van der Waals surface area contributed by atoms with E-state index in [1.54, 1.807) is 4.90 Å². The fourth-order valence-electron chi connectivity index (χ4n) is 3.33. The smallest absolute Gasteiger partial charge is 0.265 e. The predicted octanol–water partition coefficient (Wildman–Crippen LogP) is 3.95. The lowest BCUT2D eigenvalue weighted by Gasteiger charge is -2.28. The zero-order valence-corrected chi connectivity index (χ0v) is 17.2. The molecule has 0 radical (unpaired) electrons. The van der Waals surface area contributed by atoms with Crippen LogP contribution in [0.1, 0.15) is 20.8 Å². The number of carbonyl (C=O) groups excluding carboxylic acids is 1. The van der Waals surface area contributed by atoms with Gasteiger partial charge in [-0.2, -0.15) is 4.98 Å². The third kappa shape index (κ3) is 3.68. The molecule has 0 fully saturated rings. The zero-order chi connectivity index (χ0) is 21.1. The number of fused-ring (bicyclic) bond motifs is 1. The number of hydrogen-bond donors (Lipinski definition) is 0. The summed E-state index contributed by atoms with van der Waals surface area (Å²) in [6.45, 7) is 7.43. The molecule has 0 N–H and O–H groups in total. The van der Waals surface area contributed by atoms with Gasteiger partial charge in [-0.25, -0.2) is 0 Å². The van der Waals surface area contributed by atoms with Crippen LogP contribution in [0.25, 0.3) is 22.8 Å². The third-order valence-corrected chi connectivity index (χ3v) is 4.69. The summed E-state index contributed by atoms with van der Waals surface area (Å²) in [5.41, 5.74) is 2.17. The first-order valence-corrected chi connectivity index (χ1v) is 9.95. The van der Waals surface area contributed by atoms with Crippen molar-refractivity contribution in [3.8, 4) is 40.1 Å². The van der Waals surface area contributed by atoms with Gasteiger partial charge in [-0.15, -0.1) is 0 Å². The van der Waals surface area contributed by atoms with E-state index in [1.807, 2.05) is 57.2 Å². The first-order chi connectivity index (χ1) is 14.6. The molecule has 2 heterocycles. The monoisotopic (exact) mass is 409 g/mol. The molecule has 8 nitrogen and oxygen atoms in total. The SMILES string of the molecule is CCOc1ccc(-c2nc(-c3ccc4c(c3)N(CC)C(=O)CO4)no2)cc1OCC. The minimum Gasteiger partial charge on any atom is -0.490 e. The molecular formula is C22H23N3O5. The van der Waals surface area contributed by atoms with Gasteiger partial charge in [0.2, 0.25) is 5.82 Å². The normalized spacial score (nSPS) is 13.0. The molecule has 3 aromatic rings. The lowest BCUT2D eigenvalue weighted by atomic mass is 10.1. The topological polar surface area (TPSA) is 86.9 Å². The van der Waals surface area contributed by atoms with E-state index in [-0.39, 0.29) is 12.5 Å². The number of ether oxygens (including phenoxy) is 3. The summed E-state index contributed by atoms with van der Waals surface area (Å²) < 4.78 is 22.3. The van der Waals surface area contributed by atoms with E-state index in [4.69, 9.17) is 18.7 Å². The molecule has 1 aliphatic heterocycles. The van der Waals surface area contributed by atoms with Crippen LogP contribution in [-0.4, -0.2) is 42.4 Å². The molecule has 8 heteroatoms. The third-order valence-electron chi connectivity index (χ3n) is 4.69. The Morgan fingerprint density at radius 1 is 1.00 bits per heavy atom. The van der Waals surface area contributed by atoms with E-state index in [1.165, 1.54) is 0 Å². The second-order valence-electron chi connectivity index (χ2n) is 6.56. The second kappa shape index (κ2) is 8.44. The predicted molar refractivity (Wildman–Crippen MR) is 111 cm³/mol. The molecule has 0 bridgehead atoms. The minimum absolute atomic E-state index is 0.0481. The molecule has 1 aliphatic rings. The molecular weight excluding hydrogens is 386 g/mol. The standard InChI is InChI=1S/C22H23N3O5/c1-4-25-16-11-14(7-9-17(16)29-13-20(25)26)21-23-22(30-24-21)15-8-10-18(27-5-2)19(12-15)28-6-3/h7-12H,4-6,13H2,1-3H3. The summed E-state index contributed by atoms with van der Waals surface area (Å²) in [5, 5.41) is 4.11. The van der Waals surface area contributed by atoms with Crippen molar-refractivity contribution in [2.45, 2.75) is 20.8 Å². The Kier molecular flexibility index (Phi) is 5.56. The molecule has 30 heavy (non-hydrogen) atoms. The molecule has 156 valence electrons. The summed E-state index contributed by atoms with van der Waals surface area (Å²) in [7, 11) is 0. The molecule has 0 saturated heterocycles. The van der Waals surface area contributed by atoms with E-state index in [9.17, 15) is 4.79 Å². The number of carbonyl (C=O) groups is 1. The number of amides is 1. The molecule has 1 amide bonds. The average Bonchev–Trinajstić information content (AvgIpc) is 3.25. The van der Waals surface area contributed by atoms with Crippen LogP contribution in [0.3, 0.4) is 0 Å².